The lowest BCUT2D eigenvalue weighted by molar-refractivity contribution is 0.0988. The first kappa shape index (κ1) is 13.6. The van der Waals surface area contributed by atoms with Gasteiger partial charge in [0.2, 0.25) is 0 Å². The lowest BCUT2D eigenvalue weighted by Crippen LogP contribution is -2.23. The second kappa shape index (κ2) is 5.06. The number of hydrogen-bond acceptors (Lipinski definition) is 2. The molecule has 2 aromatic carbocycles. The van der Waals surface area contributed by atoms with Crippen molar-refractivity contribution in [2.45, 2.75) is 26.4 Å². The molecule has 0 aromatic heterocycles. The highest BCUT2D eigenvalue weighted by molar-refractivity contribution is 5.46. The third kappa shape index (κ3) is 2.64. The van der Waals surface area contributed by atoms with Gasteiger partial charge in [0, 0.05) is 5.56 Å². The van der Waals surface area contributed by atoms with Crippen LogP contribution in [0.3, 0.4) is 0 Å². The zero-order valence-corrected chi connectivity index (χ0v) is 11.9. The number of methoxy groups -OCH3 is 1. The summed E-state index contributed by atoms with van der Waals surface area (Å²) in [5.41, 5.74) is 2.83. The highest BCUT2D eigenvalue weighted by Gasteiger charge is 2.29. The van der Waals surface area contributed by atoms with Crippen molar-refractivity contribution in [3.63, 3.8) is 0 Å². The van der Waals surface area contributed by atoms with Crippen molar-refractivity contribution in [3.05, 3.63) is 64.7 Å². The van der Waals surface area contributed by atoms with Gasteiger partial charge in [-0.3, -0.25) is 0 Å². The molecule has 19 heavy (non-hydrogen) atoms. The first-order chi connectivity index (χ1) is 8.95. The maximum absolute atomic E-state index is 10.9. The van der Waals surface area contributed by atoms with Crippen LogP contribution in [0.15, 0.2) is 42.5 Å². The minimum atomic E-state index is -1.07. The molecule has 2 nitrogen and oxygen atoms in total. The molecule has 0 spiro atoms. The van der Waals surface area contributed by atoms with E-state index in [1.54, 1.807) is 14.0 Å². The molecule has 0 aliphatic carbocycles. The van der Waals surface area contributed by atoms with E-state index in [2.05, 4.69) is 0 Å². The van der Waals surface area contributed by atoms with E-state index in [0.717, 1.165) is 22.3 Å². The second-order valence-electron chi connectivity index (χ2n) is 5.15. The fourth-order valence-electron chi connectivity index (χ4n) is 2.31. The van der Waals surface area contributed by atoms with E-state index >= 15 is 0 Å². The van der Waals surface area contributed by atoms with Gasteiger partial charge in [-0.1, -0.05) is 41.5 Å². The average Bonchev–Trinajstić information content (AvgIpc) is 2.38. The summed E-state index contributed by atoms with van der Waals surface area (Å²) < 4.78 is 5.38. The van der Waals surface area contributed by atoms with E-state index in [1.807, 2.05) is 56.3 Å². The molecule has 0 aliphatic rings. The average molecular weight is 256 g/mol. The normalized spacial score (nSPS) is 13.9. The summed E-state index contributed by atoms with van der Waals surface area (Å²) in [6.45, 7) is 5.83. The van der Waals surface area contributed by atoms with E-state index in [9.17, 15) is 5.11 Å². The molecule has 0 aliphatic heterocycles. The Kier molecular flexibility index (Phi) is 3.63. The van der Waals surface area contributed by atoms with E-state index in [0.29, 0.717) is 5.75 Å². The predicted octanol–water partition coefficient (Wildman–Crippen LogP) is 3.57. The molecular formula is C17H20O2. The van der Waals surface area contributed by atoms with Crippen LogP contribution in [0.4, 0.5) is 0 Å². The minimum absolute atomic E-state index is 0.706. The lowest BCUT2D eigenvalue weighted by Gasteiger charge is -2.27. The number of ether oxygens (including phenoxy) is 1. The standard InChI is InChI=1S/C17H20O2/c1-12-6-5-7-14(10-12)17(3,18)15-11-13(2)8-9-16(15)19-4/h5-11,18H,1-4H3. The van der Waals surface area contributed by atoms with Crippen molar-refractivity contribution in [3.8, 4) is 5.75 Å². The molecule has 0 radical (unpaired) electrons. The van der Waals surface area contributed by atoms with Gasteiger partial charge in [0.1, 0.15) is 11.4 Å². The maximum atomic E-state index is 10.9. The third-order valence-electron chi connectivity index (χ3n) is 3.46. The highest BCUT2D eigenvalue weighted by Crippen LogP contribution is 2.36. The largest absolute Gasteiger partial charge is 0.496 e. The van der Waals surface area contributed by atoms with Crippen LogP contribution in [-0.4, -0.2) is 12.2 Å². The van der Waals surface area contributed by atoms with Gasteiger partial charge >= 0.3 is 0 Å². The topological polar surface area (TPSA) is 29.5 Å². The summed E-state index contributed by atoms with van der Waals surface area (Å²) >= 11 is 0. The van der Waals surface area contributed by atoms with Crippen molar-refractivity contribution in [2.24, 2.45) is 0 Å². The Morgan fingerprint density at radius 1 is 1.00 bits per heavy atom. The van der Waals surface area contributed by atoms with Crippen molar-refractivity contribution in [1.29, 1.82) is 0 Å². The van der Waals surface area contributed by atoms with Gasteiger partial charge in [0.25, 0.3) is 0 Å². The predicted molar refractivity (Wildman–Crippen MR) is 77.6 cm³/mol. The summed E-state index contributed by atoms with van der Waals surface area (Å²) in [5.74, 6) is 0.706. The number of aliphatic hydroxyl groups is 1. The van der Waals surface area contributed by atoms with Crippen LogP contribution >= 0.6 is 0 Å². The number of aryl methyl sites for hydroxylation is 2. The molecule has 1 atom stereocenters. The SMILES string of the molecule is COc1ccc(C)cc1C(C)(O)c1cccc(C)c1. The van der Waals surface area contributed by atoms with Crippen LogP contribution in [0.1, 0.15) is 29.2 Å². The Bertz CT molecular complexity index is 586. The Morgan fingerprint density at radius 3 is 2.32 bits per heavy atom. The zero-order chi connectivity index (χ0) is 14.0. The molecule has 0 heterocycles. The van der Waals surface area contributed by atoms with Crippen molar-refractivity contribution in [1.82, 2.24) is 0 Å². The van der Waals surface area contributed by atoms with Gasteiger partial charge in [-0.2, -0.15) is 0 Å². The van der Waals surface area contributed by atoms with Crippen LogP contribution in [-0.2, 0) is 5.60 Å². The molecule has 0 amide bonds. The van der Waals surface area contributed by atoms with Crippen LogP contribution in [0, 0.1) is 13.8 Å². The Balaban J connectivity index is 2.58. The van der Waals surface area contributed by atoms with Crippen molar-refractivity contribution in [2.75, 3.05) is 7.11 Å². The van der Waals surface area contributed by atoms with Gasteiger partial charge in [0.05, 0.1) is 7.11 Å². The quantitative estimate of drug-likeness (QED) is 0.909. The Hall–Kier alpha value is -1.80. The summed E-state index contributed by atoms with van der Waals surface area (Å²) in [4.78, 5) is 0. The van der Waals surface area contributed by atoms with Crippen molar-refractivity contribution < 1.29 is 9.84 Å². The molecule has 1 N–H and O–H groups in total. The van der Waals surface area contributed by atoms with Gasteiger partial charge in [-0.05, 0) is 38.5 Å². The number of rotatable bonds is 3. The van der Waals surface area contributed by atoms with E-state index < -0.39 is 5.60 Å². The first-order valence-corrected chi connectivity index (χ1v) is 6.40. The molecule has 0 saturated carbocycles. The molecule has 1 unspecified atom stereocenters. The van der Waals surface area contributed by atoms with Gasteiger partial charge in [0.15, 0.2) is 0 Å². The summed E-state index contributed by atoms with van der Waals surface area (Å²) in [6.07, 6.45) is 0. The highest BCUT2D eigenvalue weighted by atomic mass is 16.5. The molecule has 2 heteroatoms. The maximum Gasteiger partial charge on any atom is 0.125 e. The smallest absolute Gasteiger partial charge is 0.125 e. The summed E-state index contributed by atoms with van der Waals surface area (Å²) in [6, 6.07) is 13.8. The fourth-order valence-corrected chi connectivity index (χ4v) is 2.31. The fraction of sp³-hybridized carbons (Fsp3) is 0.294. The van der Waals surface area contributed by atoms with Crippen molar-refractivity contribution >= 4 is 0 Å². The molecule has 0 fully saturated rings. The molecule has 100 valence electrons. The number of hydrogen-bond donors (Lipinski definition) is 1. The molecule has 2 rings (SSSR count). The Morgan fingerprint density at radius 2 is 1.68 bits per heavy atom. The second-order valence-corrected chi connectivity index (χ2v) is 5.15. The summed E-state index contributed by atoms with van der Waals surface area (Å²) in [7, 11) is 1.63. The molecule has 0 saturated heterocycles. The lowest BCUT2D eigenvalue weighted by atomic mass is 9.86. The van der Waals surface area contributed by atoms with Crippen LogP contribution in [0.2, 0.25) is 0 Å². The van der Waals surface area contributed by atoms with Crippen LogP contribution in [0.5, 0.6) is 5.75 Å². The first-order valence-electron chi connectivity index (χ1n) is 6.40. The van der Waals surface area contributed by atoms with Gasteiger partial charge in [-0.25, -0.2) is 0 Å². The minimum Gasteiger partial charge on any atom is -0.496 e. The van der Waals surface area contributed by atoms with Crippen LogP contribution in [0.25, 0.3) is 0 Å². The van der Waals surface area contributed by atoms with Gasteiger partial charge < -0.3 is 9.84 Å². The Labute approximate surface area is 114 Å². The summed E-state index contributed by atoms with van der Waals surface area (Å²) in [5, 5.41) is 10.9. The zero-order valence-electron chi connectivity index (χ0n) is 11.9. The molecular weight excluding hydrogens is 236 g/mol. The molecule has 0 bridgehead atoms. The van der Waals surface area contributed by atoms with E-state index in [4.69, 9.17) is 4.74 Å². The third-order valence-corrected chi connectivity index (χ3v) is 3.46. The number of benzene rings is 2. The van der Waals surface area contributed by atoms with Gasteiger partial charge in [-0.15, -0.1) is 0 Å². The monoisotopic (exact) mass is 256 g/mol. The van der Waals surface area contributed by atoms with Crippen LogP contribution < -0.4 is 4.74 Å². The molecule has 2 aromatic rings. The van der Waals surface area contributed by atoms with E-state index in [-0.39, 0.29) is 0 Å². The van der Waals surface area contributed by atoms with E-state index in [1.165, 1.54) is 0 Å².